The van der Waals surface area contributed by atoms with Gasteiger partial charge in [-0.3, -0.25) is 4.79 Å². The van der Waals surface area contributed by atoms with Crippen molar-refractivity contribution in [2.45, 2.75) is 62.9 Å². The van der Waals surface area contributed by atoms with Crippen molar-refractivity contribution in [1.82, 2.24) is 5.32 Å². The van der Waals surface area contributed by atoms with Crippen LogP contribution in [0.25, 0.3) is 0 Å². The number of carbonyl (C=O) groups is 1. The van der Waals surface area contributed by atoms with E-state index < -0.39 is 4.75 Å². The van der Waals surface area contributed by atoms with Gasteiger partial charge in [-0.1, -0.05) is 74.0 Å². The molecule has 0 atom stereocenters. The molecule has 0 aliphatic heterocycles. The second kappa shape index (κ2) is 10.4. The summed E-state index contributed by atoms with van der Waals surface area (Å²) in [5.74, 6) is 0.802. The molecule has 0 saturated carbocycles. The number of hydrogen-bond donors (Lipinski definition) is 1. The molecular weight excluding hydrogens is 386 g/mol. The highest BCUT2D eigenvalue weighted by Gasteiger charge is 2.31. The number of benzene rings is 2. The summed E-state index contributed by atoms with van der Waals surface area (Å²) in [5, 5.41) is 3.93. The molecule has 0 fully saturated rings. The standard InChI is InChI=1S/C24H32ClNOS/c1-5-24(6-2,20-13-8-7-9-14-20)16-17-26-22(27)23(3,4)28-18-19-12-10-11-15-21(19)25/h7-15H,5-6,16-18H2,1-4H3,(H,26,27). The first kappa shape index (κ1) is 22.8. The minimum atomic E-state index is -0.507. The van der Waals surface area contributed by atoms with Gasteiger partial charge in [-0.2, -0.15) is 0 Å². The molecule has 0 saturated heterocycles. The highest BCUT2D eigenvalue weighted by molar-refractivity contribution is 8.00. The van der Waals surface area contributed by atoms with Crippen molar-refractivity contribution in [3.05, 3.63) is 70.7 Å². The fraction of sp³-hybridized carbons (Fsp3) is 0.458. The molecule has 2 rings (SSSR count). The van der Waals surface area contributed by atoms with Gasteiger partial charge in [0.1, 0.15) is 0 Å². The van der Waals surface area contributed by atoms with E-state index in [0.717, 1.165) is 35.6 Å². The summed E-state index contributed by atoms with van der Waals surface area (Å²) >= 11 is 7.87. The summed E-state index contributed by atoms with van der Waals surface area (Å²) in [7, 11) is 0. The van der Waals surface area contributed by atoms with Crippen molar-refractivity contribution >= 4 is 29.3 Å². The zero-order valence-electron chi connectivity index (χ0n) is 17.4. The van der Waals surface area contributed by atoms with Crippen molar-refractivity contribution in [1.29, 1.82) is 0 Å². The quantitative estimate of drug-likeness (QED) is 0.470. The Morgan fingerprint density at radius 1 is 1.00 bits per heavy atom. The van der Waals surface area contributed by atoms with E-state index in [0.29, 0.717) is 6.54 Å². The van der Waals surface area contributed by atoms with Crippen LogP contribution in [0.5, 0.6) is 0 Å². The first-order valence-corrected chi connectivity index (χ1v) is 11.4. The zero-order chi connectivity index (χ0) is 20.6. The monoisotopic (exact) mass is 417 g/mol. The number of amides is 1. The topological polar surface area (TPSA) is 29.1 Å². The second-order valence-corrected chi connectivity index (χ2v) is 9.75. The fourth-order valence-electron chi connectivity index (χ4n) is 3.52. The van der Waals surface area contributed by atoms with Crippen LogP contribution in [0.1, 0.15) is 58.1 Å². The highest BCUT2D eigenvalue weighted by Crippen LogP contribution is 2.35. The molecule has 1 amide bonds. The summed E-state index contributed by atoms with van der Waals surface area (Å²) in [6.07, 6.45) is 3.07. The Kier molecular flexibility index (Phi) is 8.45. The number of carbonyl (C=O) groups excluding carboxylic acids is 1. The van der Waals surface area contributed by atoms with Crippen molar-refractivity contribution in [3.8, 4) is 0 Å². The van der Waals surface area contributed by atoms with Crippen LogP contribution in [0.2, 0.25) is 5.02 Å². The molecule has 152 valence electrons. The molecule has 0 aliphatic rings. The van der Waals surface area contributed by atoms with Crippen LogP contribution < -0.4 is 5.32 Å². The van der Waals surface area contributed by atoms with Crippen LogP contribution in [0.15, 0.2) is 54.6 Å². The average Bonchev–Trinajstić information content (AvgIpc) is 2.71. The third kappa shape index (κ3) is 5.78. The van der Waals surface area contributed by atoms with E-state index in [1.807, 2.05) is 38.1 Å². The molecule has 0 unspecified atom stereocenters. The van der Waals surface area contributed by atoms with E-state index in [2.05, 4.69) is 49.5 Å². The molecule has 0 aromatic heterocycles. The van der Waals surface area contributed by atoms with Gasteiger partial charge in [-0.05, 0) is 55.7 Å². The minimum absolute atomic E-state index is 0.0821. The van der Waals surface area contributed by atoms with Gasteiger partial charge in [-0.25, -0.2) is 0 Å². The number of halogens is 1. The molecule has 0 bridgehead atoms. The molecule has 0 aliphatic carbocycles. The molecule has 2 aromatic rings. The summed E-state index contributed by atoms with van der Waals surface area (Å²) < 4.78 is -0.507. The van der Waals surface area contributed by atoms with Crippen molar-refractivity contribution < 1.29 is 4.79 Å². The van der Waals surface area contributed by atoms with Gasteiger partial charge >= 0.3 is 0 Å². The Morgan fingerprint density at radius 2 is 1.61 bits per heavy atom. The average molecular weight is 418 g/mol. The number of thioether (sulfide) groups is 1. The lowest BCUT2D eigenvalue weighted by molar-refractivity contribution is -0.122. The van der Waals surface area contributed by atoms with Gasteiger partial charge in [0.25, 0.3) is 0 Å². The molecule has 0 radical (unpaired) electrons. The van der Waals surface area contributed by atoms with E-state index in [1.54, 1.807) is 11.8 Å². The van der Waals surface area contributed by atoms with Crippen LogP contribution in [-0.4, -0.2) is 17.2 Å². The number of rotatable bonds is 10. The van der Waals surface area contributed by atoms with Gasteiger partial charge in [0.2, 0.25) is 5.91 Å². The maximum Gasteiger partial charge on any atom is 0.235 e. The molecule has 1 N–H and O–H groups in total. The predicted octanol–water partition coefficient (Wildman–Crippen LogP) is 6.62. The van der Waals surface area contributed by atoms with E-state index in [1.165, 1.54) is 5.56 Å². The van der Waals surface area contributed by atoms with Crippen LogP contribution in [0.4, 0.5) is 0 Å². The predicted molar refractivity (Wildman–Crippen MR) is 123 cm³/mol. The Balaban J connectivity index is 1.93. The second-order valence-electron chi connectivity index (χ2n) is 7.75. The highest BCUT2D eigenvalue weighted by atomic mass is 35.5. The third-order valence-corrected chi connectivity index (χ3v) is 7.45. The van der Waals surface area contributed by atoms with E-state index in [9.17, 15) is 4.79 Å². The lowest BCUT2D eigenvalue weighted by Crippen LogP contribution is -2.42. The Morgan fingerprint density at radius 3 is 2.21 bits per heavy atom. The molecule has 0 heterocycles. The van der Waals surface area contributed by atoms with Crippen LogP contribution in [0, 0.1) is 0 Å². The van der Waals surface area contributed by atoms with Crippen LogP contribution >= 0.6 is 23.4 Å². The zero-order valence-corrected chi connectivity index (χ0v) is 19.0. The van der Waals surface area contributed by atoms with E-state index in [4.69, 9.17) is 11.6 Å². The molecular formula is C24H32ClNOS. The van der Waals surface area contributed by atoms with Crippen LogP contribution in [-0.2, 0) is 16.0 Å². The first-order chi connectivity index (χ1) is 13.3. The van der Waals surface area contributed by atoms with Gasteiger partial charge < -0.3 is 5.32 Å². The van der Waals surface area contributed by atoms with Gasteiger partial charge in [0.05, 0.1) is 4.75 Å². The Bertz CT molecular complexity index is 756. The van der Waals surface area contributed by atoms with Crippen molar-refractivity contribution in [2.24, 2.45) is 0 Å². The maximum atomic E-state index is 12.8. The summed E-state index contributed by atoms with van der Waals surface area (Å²) in [6.45, 7) is 9.12. The summed E-state index contributed by atoms with van der Waals surface area (Å²) in [4.78, 5) is 12.8. The largest absolute Gasteiger partial charge is 0.355 e. The third-order valence-electron chi connectivity index (χ3n) is 5.72. The first-order valence-electron chi connectivity index (χ1n) is 10.1. The lowest BCUT2D eigenvalue weighted by atomic mass is 9.73. The van der Waals surface area contributed by atoms with Crippen LogP contribution in [0.3, 0.4) is 0 Å². The van der Waals surface area contributed by atoms with Gasteiger partial charge in [0, 0.05) is 17.3 Å². The number of hydrogen-bond acceptors (Lipinski definition) is 2. The van der Waals surface area contributed by atoms with Crippen molar-refractivity contribution in [3.63, 3.8) is 0 Å². The summed E-state index contributed by atoms with van der Waals surface area (Å²) in [5.41, 5.74) is 2.54. The summed E-state index contributed by atoms with van der Waals surface area (Å²) in [6, 6.07) is 18.5. The SMILES string of the molecule is CCC(CC)(CCNC(=O)C(C)(C)SCc1ccccc1Cl)c1ccccc1. The molecule has 4 heteroatoms. The van der Waals surface area contributed by atoms with Crippen molar-refractivity contribution in [2.75, 3.05) is 6.54 Å². The van der Waals surface area contributed by atoms with Gasteiger partial charge in [0.15, 0.2) is 0 Å². The van der Waals surface area contributed by atoms with E-state index >= 15 is 0 Å². The number of nitrogens with one attached hydrogen (secondary N) is 1. The normalized spacial score (nSPS) is 12.0. The molecule has 0 spiro atoms. The molecule has 2 nitrogen and oxygen atoms in total. The Hall–Kier alpha value is -1.45. The molecule has 28 heavy (non-hydrogen) atoms. The maximum absolute atomic E-state index is 12.8. The fourth-order valence-corrected chi connectivity index (χ4v) is 4.77. The minimum Gasteiger partial charge on any atom is -0.355 e. The molecule has 2 aromatic carbocycles. The smallest absolute Gasteiger partial charge is 0.235 e. The Labute approximate surface area is 179 Å². The lowest BCUT2D eigenvalue weighted by Gasteiger charge is -2.33. The van der Waals surface area contributed by atoms with Gasteiger partial charge in [-0.15, -0.1) is 11.8 Å². The van der Waals surface area contributed by atoms with E-state index in [-0.39, 0.29) is 11.3 Å².